The van der Waals surface area contributed by atoms with Crippen LogP contribution in [0.5, 0.6) is 11.5 Å². The van der Waals surface area contributed by atoms with E-state index in [2.05, 4.69) is 10.2 Å². The summed E-state index contributed by atoms with van der Waals surface area (Å²) in [5.74, 6) is 0.449. The van der Waals surface area contributed by atoms with Crippen molar-refractivity contribution in [3.63, 3.8) is 0 Å². The van der Waals surface area contributed by atoms with Gasteiger partial charge in [0.15, 0.2) is 11.5 Å². The SMILES string of the molecule is COc1cc(CCO)ccc1O.Cl.Cl.Fc1ccccc1N1CCNCC1. The summed E-state index contributed by atoms with van der Waals surface area (Å²) < 4.78 is 18.2. The molecule has 152 valence electrons. The molecule has 1 saturated heterocycles. The van der Waals surface area contributed by atoms with Crippen LogP contribution in [0, 0.1) is 5.82 Å². The third-order valence-electron chi connectivity index (χ3n) is 3.95. The smallest absolute Gasteiger partial charge is 0.160 e. The lowest BCUT2D eigenvalue weighted by Crippen LogP contribution is -2.43. The van der Waals surface area contributed by atoms with Gasteiger partial charge in [0.05, 0.1) is 12.8 Å². The molecule has 0 saturated carbocycles. The van der Waals surface area contributed by atoms with Gasteiger partial charge in [-0.2, -0.15) is 0 Å². The first-order valence-electron chi connectivity index (χ1n) is 8.32. The van der Waals surface area contributed by atoms with Crippen LogP contribution in [0.3, 0.4) is 0 Å². The summed E-state index contributed by atoms with van der Waals surface area (Å²) in [6, 6.07) is 12.0. The third-order valence-corrected chi connectivity index (χ3v) is 3.95. The molecule has 3 N–H and O–H groups in total. The van der Waals surface area contributed by atoms with Crippen molar-refractivity contribution >= 4 is 30.5 Å². The lowest BCUT2D eigenvalue weighted by Gasteiger charge is -2.29. The van der Waals surface area contributed by atoms with Crippen LogP contribution in [-0.4, -0.2) is 50.1 Å². The van der Waals surface area contributed by atoms with E-state index in [1.54, 1.807) is 24.3 Å². The second-order valence-electron chi connectivity index (χ2n) is 5.67. The molecule has 0 bridgehead atoms. The Kier molecular flexibility index (Phi) is 12.6. The maximum absolute atomic E-state index is 13.3. The van der Waals surface area contributed by atoms with Crippen LogP contribution >= 0.6 is 24.8 Å². The van der Waals surface area contributed by atoms with E-state index in [0.29, 0.717) is 12.2 Å². The molecule has 2 aromatic carbocycles. The summed E-state index contributed by atoms with van der Waals surface area (Å²) >= 11 is 0. The minimum atomic E-state index is -0.121. The van der Waals surface area contributed by atoms with Crippen molar-refractivity contribution < 1.29 is 19.3 Å². The maximum atomic E-state index is 13.3. The second kappa shape index (κ2) is 13.4. The van der Waals surface area contributed by atoms with Gasteiger partial charge in [0.1, 0.15) is 5.82 Å². The van der Waals surface area contributed by atoms with Crippen molar-refractivity contribution in [1.29, 1.82) is 0 Å². The quantitative estimate of drug-likeness (QED) is 0.709. The molecule has 0 aromatic heterocycles. The van der Waals surface area contributed by atoms with Gasteiger partial charge in [-0.3, -0.25) is 0 Å². The minimum absolute atomic E-state index is 0. The molecule has 0 aliphatic carbocycles. The molecule has 0 atom stereocenters. The Morgan fingerprint density at radius 3 is 2.37 bits per heavy atom. The van der Waals surface area contributed by atoms with E-state index in [-0.39, 0.29) is 43.0 Å². The van der Waals surface area contributed by atoms with Gasteiger partial charge in [0, 0.05) is 32.8 Å². The van der Waals surface area contributed by atoms with Crippen LogP contribution < -0.4 is 15.0 Å². The second-order valence-corrected chi connectivity index (χ2v) is 5.67. The number of nitrogens with zero attached hydrogens (tertiary/aromatic N) is 1. The van der Waals surface area contributed by atoms with E-state index >= 15 is 0 Å². The number of anilines is 1. The number of nitrogens with one attached hydrogen (secondary N) is 1. The lowest BCUT2D eigenvalue weighted by atomic mass is 10.1. The zero-order chi connectivity index (χ0) is 18.1. The largest absolute Gasteiger partial charge is 0.504 e. The molecule has 0 unspecified atom stereocenters. The number of phenolic OH excluding ortho intramolecular Hbond substituents is 1. The summed E-state index contributed by atoms with van der Waals surface area (Å²) in [6.07, 6.45) is 0.580. The van der Waals surface area contributed by atoms with Crippen LogP contribution in [0.25, 0.3) is 0 Å². The van der Waals surface area contributed by atoms with E-state index in [4.69, 9.17) is 9.84 Å². The van der Waals surface area contributed by atoms with Gasteiger partial charge in [0.2, 0.25) is 0 Å². The Morgan fingerprint density at radius 2 is 1.78 bits per heavy atom. The summed E-state index contributed by atoms with van der Waals surface area (Å²) in [4.78, 5) is 2.08. The van der Waals surface area contributed by atoms with Crippen LogP contribution in [0.4, 0.5) is 10.1 Å². The van der Waals surface area contributed by atoms with Crippen molar-refractivity contribution in [3.05, 3.63) is 53.8 Å². The van der Waals surface area contributed by atoms with Gasteiger partial charge in [-0.25, -0.2) is 4.39 Å². The zero-order valence-corrected chi connectivity index (χ0v) is 16.9. The fraction of sp³-hybridized carbons (Fsp3) is 0.368. The number of phenols is 1. The Hall–Kier alpha value is -1.73. The van der Waals surface area contributed by atoms with Crippen LogP contribution in [0.1, 0.15) is 5.56 Å². The zero-order valence-electron chi connectivity index (χ0n) is 15.2. The highest BCUT2D eigenvalue weighted by Crippen LogP contribution is 2.26. The van der Waals surface area contributed by atoms with E-state index < -0.39 is 0 Å². The predicted molar refractivity (Wildman–Crippen MR) is 111 cm³/mol. The first-order chi connectivity index (χ1) is 12.2. The normalized spacial score (nSPS) is 12.8. The molecule has 1 heterocycles. The fourth-order valence-electron chi connectivity index (χ4n) is 2.62. The van der Waals surface area contributed by atoms with Gasteiger partial charge in [0.25, 0.3) is 0 Å². The minimum Gasteiger partial charge on any atom is -0.504 e. The number of aliphatic hydroxyl groups is 1. The van der Waals surface area contributed by atoms with Gasteiger partial charge >= 0.3 is 0 Å². The number of hydrogen-bond donors (Lipinski definition) is 3. The first kappa shape index (κ1) is 25.3. The van der Waals surface area contributed by atoms with Crippen molar-refractivity contribution in [2.45, 2.75) is 6.42 Å². The van der Waals surface area contributed by atoms with Crippen molar-refractivity contribution in [2.24, 2.45) is 0 Å². The highest BCUT2D eigenvalue weighted by atomic mass is 35.5. The molecule has 5 nitrogen and oxygen atoms in total. The fourth-order valence-corrected chi connectivity index (χ4v) is 2.62. The summed E-state index contributed by atoms with van der Waals surface area (Å²) in [7, 11) is 1.50. The molecule has 0 spiro atoms. The molecule has 8 heteroatoms. The van der Waals surface area contributed by atoms with Crippen LogP contribution in [0.2, 0.25) is 0 Å². The van der Waals surface area contributed by atoms with Crippen molar-refractivity contribution in [1.82, 2.24) is 5.32 Å². The van der Waals surface area contributed by atoms with Crippen LogP contribution in [-0.2, 0) is 6.42 Å². The molecule has 0 amide bonds. The highest BCUT2D eigenvalue weighted by Gasteiger charge is 2.12. The number of para-hydroxylation sites is 1. The number of halogens is 3. The van der Waals surface area contributed by atoms with Crippen molar-refractivity contribution in [2.75, 3.05) is 44.8 Å². The number of rotatable bonds is 4. The Morgan fingerprint density at radius 1 is 1.11 bits per heavy atom. The van der Waals surface area contributed by atoms with Crippen molar-refractivity contribution in [3.8, 4) is 11.5 Å². The number of ether oxygens (including phenoxy) is 1. The molecular formula is C19H27Cl2FN2O3. The summed E-state index contributed by atoms with van der Waals surface area (Å²) in [5.41, 5.74) is 1.68. The highest BCUT2D eigenvalue weighted by molar-refractivity contribution is 5.85. The average Bonchev–Trinajstić information content (AvgIpc) is 2.65. The summed E-state index contributed by atoms with van der Waals surface area (Å²) in [5, 5.41) is 21.1. The maximum Gasteiger partial charge on any atom is 0.160 e. The first-order valence-corrected chi connectivity index (χ1v) is 8.32. The number of aromatic hydroxyl groups is 1. The standard InChI is InChI=1S/C10H13FN2.C9H12O3.2ClH/c11-9-3-1-2-4-10(9)13-7-5-12-6-8-13;1-12-9-6-7(4-5-10)2-3-8(9)11;;/h1-4,12H,5-8H2;2-3,6,10-11H,4-5H2,1H3;2*1H. The topological polar surface area (TPSA) is 65.0 Å². The van der Waals surface area contributed by atoms with Gasteiger partial charge < -0.3 is 25.2 Å². The number of benzene rings is 2. The molecule has 27 heavy (non-hydrogen) atoms. The lowest BCUT2D eigenvalue weighted by molar-refractivity contribution is 0.299. The molecule has 1 fully saturated rings. The molecule has 1 aliphatic rings. The Bertz CT molecular complexity index is 671. The molecular weight excluding hydrogens is 394 g/mol. The average molecular weight is 421 g/mol. The number of methoxy groups -OCH3 is 1. The number of aliphatic hydroxyl groups excluding tert-OH is 1. The van der Waals surface area contributed by atoms with Gasteiger partial charge in [-0.15, -0.1) is 24.8 Å². The predicted octanol–water partition coefficient (Wildman–Crippen LogP) is 3.01. The Balaban J connectivity index is 0.000000468. The monoisotopic (exact) mass is 420 g/mol. The Labute approximate surface area is 172 Å². The number of hydrogen-bond acceptors (Lipinski definition) is 5. The van der Waals surface area contributed by atoms with Gasteiger partial charge in [-0.05, 0) is 36.2 Å². The van der Waals surface area contributed by atoms with Crippen LogP contribution in [0.15, 0.2) is 42.5 Å². The molecule has 3 rings (SSSR count). The van der Waals surface area contributed by atoms with E-state index in [9.17, 15) is 9.50 Å². The molecule has 2 aromatic rings. The number of piperazine rings is 1. The summed E-state index contributed by atoms with van der Waals surface area (Å²) in [6.45, 7) is 3.76. The van der Waals surface area contributed by atoms with E-state index in [1.807, 2.05) is 12.1 Å². The molecule has 0 radical (unpaired) electrons. The molecule has 1 aliphatic heterocycles. The third kappa shape index (κ3) is 7.81. The van der Waals surface area contributed by atoms with E-state index in [0.717, 1.165) is 37.4 Å². The van der Waals surface area contributed by atoms with Gasteiger partial charge in [-0.1, -0.05) is 18.2 Å². The van der Waals surface area contributed by atoms with E-state index in [1.165, 1.54) is 13.2 Å².